The van der Waals surface area contributed by atoms with Gasteiger partial charge in [0.2, 0.25) is 5.91 Å². The third kappa shape index (κ3) is 3.81. The highest BCUT2D eigenvalue weighted by molar-refractivity contribution is 6.50. The number of carbonyl (C=O) groups excluding carboxylic acids is 1. The van der Waals surface area contributed by atoms with Crippen molar-refractivity contribution in [2.45, 2.75) is 26.8 Å². The molecule has 0 spiro atoms. The van der Waals surface area contributed by atoms with Gasteiger partial charge in [-0.15, -0.1) is 0 Å². The van der Waals surface area contributed by atoms with E-state index in [1.165, 1.54) is 6.07 Å². The Balaban J connectivity index is 1.99. The second kappa shape index (κ2) is 8.02. The maximum atomic E-state index is 13.9. The van der Waals surface area contributed by atoms with Crippen molar-refractivity contribution in [1.82, 2.24) is 0 Å². The van der Waals surface area contributed by atoms with Gasteiger partial charge in [0.25, 0.3) is 0 Å². The summed E-state index contributed by atoms with van der Waals surface area (Å²) in [5.74, 6) is -0.352. The molecule has 0 fully saturated rings. The third-order valence-corrected chi connectivity index (χ3v) is 4.94. The van der Waals surface area contributed by atoms with Crippen molar-refractivity contribution in [3.63, 3.8) is 0 Å². The molecule has 0 aromatic heterocycles. The number of fused-ring (bicyclic) bond motifs is 1. The second-order valence-electron chi connectivity index (χ2n) is 6.31. The number of amides is 1. The molecule has 2 aromatic rings. The van der Waals surface area contributed by atoms with Gasteiger partial charge in [-0.25, -0.2) is 4.39 Å². The highest BCUT2D eigenvalue weighted by atomic mass is 35.5. The molecule has 5 heteroatoms. The fourth-order valence-corrected chi connectivity index (χ4v) is 3.29. The highest BCUT2D eigenvalue weighted by Gasteiger charge is 2.27. The predicted molar refractivity (Wildman–Crippen MR) is 103 cm³/mol. The number of halogens is 2. The molecule has 0 atom stereocenters. The number of benzene rings is 2. The summed E-state index contributed by atoms with van der Waals surface area (Å²) in [6.45, 7) is 4.78. The first-order valence-corrected chi connectivity index (χ1v) is 8.99. The fourth-order valence-electron chi connectivity index (χ4n) is 3.01. The molecule has 1 heterocycles. The molecule has 2 aromatic carbocycles. The van der Waals surface area contributed by atoms with Gasteiger partial charge in [-0.05, 0) is 42.7 Å². The predicted octanol–water partition coefficient (Wildman–Crippen LogP) is 5.06. The van der Waals surface area contributed by atoms with Gasteiger partial charge in [-0.1, -0.05) is 41.9 Å². The van der Waals surface area contributed by atoms with E-state index in [1.807, 2.05) is 37.3 Å². The van der Waals surface area contributed by atoms with Crippen LogP contribution in [0.3, 0.4) is 0 Å². The minimum Gasteiger partial charge on any atom is -0.377 e. The van der Waals surface area contributed by atoms with Crippen LogP contribution in [0.2, 0.25) is 0 Å². The van der Waals surface area contributed by atoms with Crippen LogP contribution in [0.4, 0.5) is 10.1 Å². The summed E-state index contributed by atoms with van der Waals surface area (Å²) in [6, 6.07) is 12.6. The molecular weight excluding hydrogens is 353 g/mol. The smallest absolute Gasteiger partial charge is 0.231 e. The van der Waals surface area contributed by atoms with Gasteiger partial charge in [0.15, 0.2) is 0 Å². The van der Waals surface area contributed by atoms with Crippen LogP contribution in [0.5, 0.6) is 0 Å². The van der Waals surface area contributed by atoms with Crippen LogP contribution in [-0.4, -0.2) is 19.1 Å². The SMILES string of the molecule is CCOCC1=C(Cl)c2ccccc2N(Cc2ccc(C)c(F)c2)C(=O)C1. The van der Waals surface area contributed by atoms with Crippen molar-refractivity contribution in [2.75, 3.05) is 18.1 Å². The Bertz CT molecular complexity index is 863. The maximum Gasteiger partial charge on any atom is 0.231 e. The molecule has 3 nitrogen and oxygen atoms in total. The van der Waals surface area contributed by atoms with Crippen molar-refractivity contribution in [3.8, 4) is 0 Å². The largest absolute Gasteiger partial charge is 0.377 e. The second-order valence-corrected chi connectivity index (χ2v) is 6.69. The Kier molecular flexibility index (Phi) is 5.74. The normalized spacial score (nSPS) is 14.5. The lowest BCUT2D eigenvalue weighted by Gasteiger charge is -2.23. The van der Waals surface area contributed by atoms with Crippen molar-refractivity contribution in [1.29, 1.82) is 0 Å². The van der Waals surface area contributed by atoms with Crippen molar-refractivity contribution < 1.29 is 13.9 Å². The number of hydrogen-bond acceptors (Lipinski definition) is 2. The van der Waals surface area contributed by atoms with Crippen molar-refractivity contribution in [2.24, 2.45) is 0 Å². The maximum absolute atomic E-state index is 13.9. The third-order valence-electron chi connectivity index (χ3n) is 4.46. The van der Waals surface area contributed by atoms with Gasteiger partial charge in [0, 0.05) is 12.2 Å². The first-order chi connectivity index (χ1) is 12.5. The number of nitrogens with zero attached hydrogens (tertiary/aromatic N) is 1. The lowest BCUT2D eigenvalue weighted by molar-refractivity contribution is -0.118. The van der Waals surface area contributed by atoms with Crippen LogP contribution in [0.25, 0.3) is 5.03 Å². The number of aryl methyl sites for hydroxylation is 1. The van der Waals surface area contributed by atoms with E-state index in [-0.39, 0.29) is 18.1 Å². The molecule has 3 rings (SSSR count). The molecule has 0 N–H and O–H groups in total. The number of carbonyl (C=O) groups is 1. The molecule has 0 saturated carbocycles. The van der Waals surface area contributed by atoms with E-state index >= 15 is 0 Å². The van der Waals surface area contributed by atoms with Crippen LogP contribution in [0.15, 0.2) is 48.0 Å². The first kappa shape index (κ1) is 18.6. The van der Waals surface area contributed by atoms with E-state index < -0.39 is 0 Å². The summed E-state index contributed by atoms with van der Waals surface area (Å²) in [7, 11) is 0. The monoisotopic (exact) mass is 373 g/mol. The van der Waals surface area contributed by atoms with Crippen molar-refractivity contribution in [3.05, 3.63) is 70.5 Å². The molecule has 1 aliphatic heterocycles. The molecule has 26 heavy (non-hydrogen) atoms. The fraction of sp³-hybridized carbons (Fsp3) is 0.286. The van der Waals surface area contributed by atoms with Gasteiger partial charge < -0.3 is 9.64 Å². The van der Waals surface area contributed by atoms with Crippen LogP contribution < -0.4 is 4.90 Å². The van der Waals surface area contributed by atoms with Crippen LogP contribution in [-0.2, 0) is 16.1 Å². The lowest BCUT2D eigenvalue weighted by atomic mass is 10.1. The summed E-state index contributed by atoms with van der Waals surface area (Å²) in [4.78, 5) is 14.6. The number of anilines is 1. The number of hydrogen-bond donors (Lipinski definition) is 0. The number of ether oxygens (including phenoxy) is 1. The van der Waals surface area contributed by atoms with E-state index in [2.05, 4.69) is 0 Å². The van der Waals surface area contributed by atoms with E-state index in [0.717, 1.165) is 22.4 Å². The van der Waals surface area contributed by atoms with Crippen LogP contribution in [0, 0.1) is 12.7 Å². The Hall–Kier alpha value is -2.17. The zero-order chi connectivity index (χ0) is 18.7. The van der Waals surface area contributed by atoms with E-state index in [9.17, 15) is 9.18 Å². The average molecular weight is 374 g/mol. The summed E-state index contributed by atoms with van der Waals surface area (Å²) < 4.78 is 19.4. The molecular formula is C21H21ClFNO2. The van der Waals surface area contributed by atoms with Crippen molar-refractivity contribution >= 4 is 28.2 Å². The average Bonchev–Trinajstić information content (AvgIpc) is 2.73. The Morgan fingerprint density at radius 1 is 1.23 bits per heavy atom. The number of rotatable bonds is 5. The molecule has 1 amide bonds. The van der Waals surface area contributed by atoms with Crippen LogP contribution in [0.1, 0.15) is 30.0 Å². The number of para-hydroxylation sites is 1. The molecule has 0 radical (unpaired) electrons. The van der Waals surface area contributed by atoms with Gasteiger partial charge >= 0.3 is 0 Å². The molecule has 0 aliphatic carbocycles. The molecule has 0 saturated heterocycles. The van der Waals surface area contributed by atoms with Gasteiger partial charge in [-0.3, -0.25) is 4.79 Å². The highest BCUT2D eigenvalue weighted by Crippen LogP contribution is 2.37. The Labute approximate surface area is 158 Å². The van der Waals surface area contributed by atoms with Gasteiger partial charge in [-0.2, -0.15) is 0 Å². The molecule has 136 valence electrons. The lowest BCUT2D eigenvalue weighted by Crippen LogP contribution is -2.30. The quantitative estimate of drug-likeness (QED) is 0.733. The summed E-state index contributed by atoms with van der Waals surface area (Å²) >= 11 is 6.59. The summed E-state index contributed by atoms with van der Waals surface area (Å²) in [5, 5.41) is 0.556. The molecule has 0 unspecified atom stereocenters. The van der Waals surface area contributed by atoms with E-state index in [4.69, 9.17) is 16.3 Å². The Morgan fingerprint density at radius 2 is 2.00 bits per heavy atom. The zero-order valence-electron chi connectivity index (χ0n) is 14.9. The topological polar surface area (TPSA) is 29.5 Å². The van der Waals surface area contributed by atoms with E-state index in [0.29, 0.717) is 30.4 Å². The van der Waals surface area contributed by atoms with Gasteiger partial charge in [0.05, 0.1) is 30.3 Å². The minimum atomic E-state index is -0.272. The molecule has 0 bridgehead atoms. The minimum absolute atomic E-state index is 0.0798. The standard InChI is InChI=1S/C21H21ClFNO2/c1-3-26-13-16-11-20(25)24(12-15-9-8-14(2)18(23)10-15)19-7-5-4-6-17(19)21(16)22/h4-10H,3,11-13H2,1-2H3. The zero-order valence-corrected chi connectivity index (χ0v) is 15.6. The van der Waals surface area contributed by atoms with E-state index in [1.54, 1.807) is 17.9 Å². The molecule has 1 aliphatic rings. The summed E-state index contributed by atoms with van der Waals surface area (Å²) in [5.41, 5.74) is 3.61. The van der Waals surface area contributed by atoms with Gasteiger partial charge in [0.1, 0.15) is 5.82 Å². The first-order valence-electron chi connectivity index (χ1n) is 8.61. The van der Waals surface area contributed by atoms with Crippen LogP contribution >= 0.6 is 11.6 Å². The summed E-state index contributed by atoms with van der Waals surface area (Å²) in [6.07, 6.45) is 0.182. The Morgan fingerprint density at radius 3 is 2.73 bits per heavy atom.